The average Bonchev–Trinajstić information content (AvgIpc) is 3.58. The molecule has 0 aliphatic carbocycles. The lowest BCUT2D eigenvalue weighted by molar-refractivity contribution is -0.0893. The van der Waals surface area contributed by atoms with Crippen molar-refractivity contribution in [2.75, 3.05) is 0 Å². The van der Waals surface area contributed by atoms with Gasteiger partial charge in [-0.3, -0.25) is 0 Å². The molecule has 0 aliphatic rings. The van der Waals surface area contributed by atoms with Crippen LogP contribution in [-0.2, 0) is 4.65 Å². The van der Waals surface area contributed by atoms with Crippen LogP contribution < -0.4 is 5.46 Å². The predicted molar refractivity (Wildman–Crippen MR) is 174 cm³/mol. The Morgan fingerprint density at radius 1 is 0.805 bits per heavy atom. The molecule has 0 aliphatic heterocycles. The third-order valence-electron chi connectivity index (χ3n) is 8.37. The van der Waals surface area contributed by atoms with E-state index < -0.39 is 11.2 Å². The van der Waals surface area contributed by atoms with Crippen LogP contribution in [0.1, 0.15) is 27.7 Å². The standard InChI is InChI=1S/C35H30BNO3S/c1-34(2,38)35(3,4)40-36-27-16-9-17-29-30(27)26-15-8-14-25(32(26)41-29)22-11-7-12-23(20-22)33-37-31-24-13-6-5-10-21(24)18-19-28(31)39-33/h5-20,36,38H,1-4H3. The van der Waals surface area contributed by atoms with Crippen molar-refractivity contribution in [3.8, 4) is 22.6 Å². The van der Waals surface area contributed by atoms with Crippen LogP contribution in [0.25, 0.3) is 64.6 Å². The monoisotopic (exact) mass is 555 g/mol. The molecular formula is C35H30BNO3S. The summed E-state index contributed by atoms with van der Waals surface area (Å²) >= 11 is 1.80. The van der Waals surface area contributed by atoms with Crippen molar-refractivity contribution in [2.45, 2.75) is 38.9 Å². The van der Waals surface area contributed by atoms with Gasteiger partial charge in [0.15, 0.2) is 5.58 Å². The summed E-state index contributed by atoms with van der Waals surface area (Å²) in [6.45, 7) is 7.45. The first-order chi connectivity index (χ1) is 19.7. The first-order valence-corrected chi connectivity index (χ1v) is 14.7. The normalized spacial score (nSPS) is 12.6. The molecule has 0 fully saturated rings. The molecule has 0 spiro atoms. The summed E-state index contributed by atoms with van der Waals surface area (Å²) in [4.78, 5) is 4.92. The topological polar surface area (TPSA) is 55.5 Å². The highest BCUT2D eigenvalue weighted by Crippen LogP contribution is 2.40. The van der Waals surface area contributed by atoms with Crippen LogP contribution >= 0.6 is 11.3 Å². The maximum absolute atomic E-state index is 10.6. The summed E-state index contributed by atoms with van der Waals surface area (Å²) < 4.78 is 15.0. The van der Waals surface area contributed by atoms with Gasteiger partial charge in [0.1, 0.15) is 5.52 Å². The molecule has 7 aromatic rings. The SMILES string of the molecule is CC(C)(O)C(C)(C)OBc1cccc2sc3c(-c4cccc(-c5nc6c(ccc7ccccc76)o5)c4)cccc3c12. The van der Waals surface area contributed by atoms with Gasteiger partial charge in [-0.05, 0) is 79.3 Å². The Labute approximate surface area is 243 Å². The Morgan fingerprint density at radius 3 is 2.41 bits per heavy atom. The second-order valence-electron chi connectivity index (χ2n) is 11.7. The van der Waals surface area contributed by atoms with E-state index in [1.165, 1.54) is 25.7 Å². The third-order valence-corrected chi connectivity index (χ3v) is 9.58. The fourth-order valence-corrected chi connectivity index (χ4v) is 6.59. The molecule has 1 N–H and O–H groups in total. The highest BCUT2D eigenvalue weighted by molar-refractivity contribution is 7.26. The number of aliphatic hydroxyl groups is 1. The summed E-state index contributed by atoms with van der Waals surface area (Å²) in [6, 6.07) is 33.7. The zero-order valence-electron chi connectivity index (χ0n) is 23.6. The fraction of sp³-hybridized carbons (Fsp3) is 0.171. The molecule has 6 heteroatoms. The molecule has 4 nitrogen and oxygen atoms in total. The zero-order chi connectivity index (χ0) is 28.4. The molecule has 0 atom stereocenters. The van der Waals surface area contributed by atoms with Gasteiger partial charge in [0.2, 0.25) is 5.89 Å². The van der Waals surface area contributed by atoms with Crippen molar-refractivity contribution in [3.63, 3.8) is 0 Å². The minimum atomic E-state index is -0.961. The largest absolute Gasteiger partial charge is 0.436 e. The van der Waals surface area contributed by atoms with Gasteiger partial charge < -0.3 is 14.2 Å². The van der Waals surface area contributed by atoms with E-state index in [9.17, 15) is 5.11 Å². The lowest BCUT2D eigenvalue weighted by Gasteiger charge is -2.37. The van der Waals surface area contributed by atoms with Gasteiger partial charge in [-0.1, -0.05) is 72.8 Å². The van der Waals surface area contributed by atoms with E-state index in [1.54, 1.807) is 25.2 Å². The van der Waals surface area contributed by atoms with E-state index in [2.05, 4.69) is 78.9 Å². The van der Waals surface area contributed by atoms with Crippen LogP contribution in [0.15, 0.2) is 101 Å². The van der Waals surface area contributed by atoms with Crippen molar-refractivity contribution in [2.24, 2.45) is 0 Å². The van der Waals surface area contributed by atoms with E-state index in [4.69, 9.17) is 14.1 Å². The van der Waals surface area contributed by atoms with E-state index in [1.807, 2.05) is 32.0 Å². The first kappa shape index (κ1) is 26.0. The fourth-order valence-electron chi connectivity index (χ4n) is 5.31. The highest BCUT2D eigenvalue weighted by Gasteiger charge is 2.35. The highest BCUT2D eigenvalue weighted by atomic mass is 32.1. The van der Waals surface area contributed by atoms with Crippen molar-refractivity contribution in [1.82, 2.24) is 4.98 Å². The number of hydrogen-bond donors (Lipinski definition) is 1. The molecule has 7 rings (SSSR count). The zero-order valence-corrected chi connectivity index (χ0v) is 24.4. The molecule has 0 amide bonds. The van der Waals surface area contributed by atoms with Crippen molar-refractivity contribution in [1.29, 1.82) is 0 Å². The van der Waals surface area contributed by atoms with Gasteiger partial charge in [0.25, 0.3) is 0 Å². The van der Waals surface area contributed by atoms with Crippen molar-refractivity contribution >= 4 is 66.3 Å². The Balaban J connectivity index is 1.31. The lowest BCUT2D eigenvalue weighted by atomic mass is 9.80. The quantitative estimate of drug-likeness (QED) is 0.210. The van der Waals surface area contributed by atoms with Crippen LogP contribution in [-0.4, -0.2) is 28.8 Å². The molecular weight excluding hydrogens is 525 g/mol. The number of fused-ring (bicyclic) bond motifs is 6. The van der Waals surface area contributed by atoms with Gasteiger partial charge in [-0.25, -0.2) is 4.98 Å². The minimum absolute atomic E-state index is 0.423. The number of hydrogen-bond acceptors (Lipinski definition) is 5. The molecule has 2 heterocycles. The van der Waals surface area contributed by atoms with Gasteiger partial charge in [-0.15, -0.1) is 11.3 Å². The summed E-state index contributed by atoms with van der Waals surface area (Å²) in [6.07, 6.45) is 0. The number of oxazole rings is 1. The van der Waals surface area contributed by atoms with Crippen LogP contribution in [0.3, 0.4) is 0 Å². The summed E-state index contributed by atoms with van der Waals surface area (Å²) in [5, 5.41) is 15.3. The lowest BCUT2D eigenvalue weighted by Crippen LogP contribution is -2.49. The molecule has 0 bridgehead atoms. The molecule has 0 radical (unpaired) electrons. The van der Waals surface area contributed by atoms with Gasteiger partial charge in [0, 0.05) is 25.7 Å². The van der Waals surface area contributed by atoms with Gasteiger partial charge in [-0.2, -0.15) is 0 Å². The maximum Gasteiger partial charge on any atom is 0.310 e. The number of rotatable bonds is 6. The van der Waals surface area contributed by atoms with Gasteiger partial charge in [0.05, 0.1) is 11.2 Å². The van der Waals surface area contributed by atoms with E-state index >= 15 is 0 Å². The first-order valence-electron chi connectivity index (χ1n) is 13.9. The molecule has 0 saturated carbocycles. The Morgan fingerprint density at radius 2 is 1.56 bits per heavy atom. The predicted octanol–water partition coefficient (Wildman–Crippen LogP) is 8.23. The minimum Gasteiger partial charge on any atom is -0.436 e. The smallest absolute Gasteiger partial charge is 0.310 e. The van der Waals surface area contributed by atoms with Crippen molar-refractivity contribution < 1.29 is 14.2 Å². The maximum atomic E-state index is 10.6. The Kier molecular flexibility index (Phi) is 6.05. The second-order valence-corrected chi connectivity index (χ2v) is 12.7. The summed E-state index contributed by atoms with van der Waals surface area (Å²) in [5.74, 6) is 0.621. The van der Waals surface area contributed by atoms with Crippen LogP contribution in [0.2, 0.25) is 0 Å². The Bertz CT molecular complexity index is 2080. The third kappa shape index (κ3) is 4.43. The van der Waals surface area contributed by atoms with E-state index in [0.29, 0.717) is 13.4 Å². The van der Waals surface area contributed by atoms with Crippen LogP contribution in [0.5, 0.6) is 0 Å². The van der Waals surface area contributed by atoms with E-state index in [-0.39, 0.29) is 0 Å². The molecule has 5 aromatic carbocycles. The second kappa shape index (κ2) is 9.56. The number of aromatic nitrogens is 1. The van der Waals surface area contributed by atoms with Crippen molar-refractivity contribution in [3.05, 3.63) is 97.1 Å². The van der Waals surface area contributed by atoms with Gasteiger partial charge >= 0.3 is 7.48 Å². The number of thiophene rings is 1. The molecule has 0 unspecified atom stereocenters. The molecule has 41 heavy (non-hydrogen) atoms. The molecule has 202 valence electrons. The van der Waals surface area contributed by atoms with E-state index in [0.717, 1.165) is 38.5 Å². The molecule has 0 saturated heterocycles. The number of nitrogens with zero attached hydrogens (tertiary/aromatic N) is 1. The Hall–Kier alpha value is -3.97. The van der Waals surface area contributed by atoms with Crippen LogP contribution in [0, 0.1) is 0 Å². The number of benzene rings is 5. The summed E-state index contributed by atoms with van der Waals surface area (Å²) in [7, 11) is 0.423. The summed E-state index contributed by atoms with van der Waals surface area (Å²) in [5.41, 5.74) is 4.39. The average molecular weight is 556 g/mol. The molecule has 2 aromatic heterocycles. The van der Waals surface area contributed by atoms with Crippen LogP contribution in [0.4, 0.5) is 0 Å².